The van der Waals surface area contributed by atoms with E-state index in [1.54, 1.807) is 26.0 Å². The fourth-order valence-electron chi connectivity index (χ4n) is 5.65. The van der Waals surface area contributed by atoms with Crippen molar-refractivity contribution in [2.75, 3.05) is 6.54 Å². The van der Waals surface area contributed by atoms with E-state index in [1.807, 2.05) is 0 Å². The second kappa shape index (κ2) is 11.0. The molecule has 2 amide bonds. The Hall–Kier alpha value is -3.65. The Morgan fingerprint density at radius 1 is 1.27 bits per heavy atom. The number of hydrogen-bond acceptors (Lipinski definition) is 7. The van der Waals surface area contributed by atoms with E-state index in [0.29, 0.717) is 29.1 Å². The maximum Gasteiger partial charge on any atom is 0.393 e. The van der Waals surface area contributed by atoms with Crippen molar-refractivity contribution in [1.29, 1.82) is 0 Å². The summed E-state index contributed by atoms with van der Waals surface area (Å²) >= 11 is 0. The number of rotatable bonds is 7. The second-order valence-electron chi connectivity index (χ2n) is 11.2. The van der Waals surface area contributed by atoms with Gasteiger partial charge in [-0.25, -0.2) is 22.9 Å². The predicted octanol–water partition coefficient (Wildman–Crippen LogP) is 4.39. The molecule has 0 radical (unpaired) electrons. The lowest BCUT2D eigenvalue weighted by molar-refractivity contribution is -0.183. The molecule has 3 aromatic heterocycles. The number of hydrogen-bond donors (Lipinski definition) is 2. The number of fused-ring (bicyclic) bond motifs is 1. The molecule has 1 aliphatic carbocycles. The molecule has 2 N–H and O–H groups in total. The minimum atomic E-state index is -4.42. The molecule has 4 heterocycles. The summed E-state index contributed by atoms with van der Waals surface area (Å²) in [6.45, 7) is 3.16. The van der Waals surface area contributed by atoms with Crippen LogP contribution in [0.25, 0.3) is 5.65 Å². The smallest absolute Gasteiger partial charge is 0.355 e. The summed E-state index contributed by atoms with van der Waals surface area (Å²) in [6, 6.07) is 2.24. The molecule has 1 aliphatic heterocycles. The number of carbonyl (C=O) groups is 2. The highest BCUT2D eigenvalue weighted by Crippen LogP contribution is 2.42. The number of halogens is 5. The number of piperidine rings is 1. The van der Waals surface area contributed by atoms with Crippen LogP contribution in [0.3, 0.4) is 0 Å². The van der Waals surface area contributed by atoms with E-state index in [9.17, 15) is 31.5 Å². The molecular weight excluding hydrogens is 553 g/mol. The van der Waals surface area contributed by atoms with E-state index >= 15 is 0 Å². The fraction of sp³-hybridized carbons (Fsp3) is 0.615. The van der Waals surface area contributed by atoms with Crippen molar-refractivity contribution in [2.45, 2.75) is 76.4 Å². The molecule has 4 atom stereocenters. The highest BCUT2D eigenvalue weighted by Gasteiger charge is 2.45. The lowest BCUT2D eigenvalue weighted by Gasteiger charge is -2.34. The summed E-state index contributed by atoms with van der Waals surface area (Å²) in [5, 5.41) is 17.0. The molecular formula is C26H30F5N7O3. The molecule has 10 nitrogen and oxygen atoms in total. The number of carbonyl (C=O) groups excluding carboxylic acids is 2. The number of imidazole rings is 1. The van der Waals surface area contributed by atoms with Crippen molar-refractivity contribution in [3.05, 3.63) is 41.1 Å². The van der Waals surface area contributed by atoms with E-state index in [2.05, 4.69) is 31.0 Å². The summed E-state index contributed by atoms with van der Waals surface area (Å²) in [5.41, 5.74) is 1.29. The Labute approximate surface area is 231 Å². The molecule has 222 valence electrons. The van der Waals surface area contributed by atoms with Crippen LogP contribution < -0.4 is 10.6 Å². The Bertz CT molecular complexity index is 1420. The topological polar surface area (TPSA) is 127 Å². The summed E-state index contributed by atoms with van der Waals surface area (Å²) in [5.74, 6) is -7.36. The van der Waals surface area contributed by atoms with Crippen molar-refractivity contribution in [1.82, 2.24) is 35.5 Å². The van der Waals surface area contributed by atoms with Crippen LogP contribution in [0, 0.1) is 17.8 Å². The van der Waals surface area contributed by atoms with E-state index in [1.165, 1.54) is 10.7 Å². The van der Waals surface area contributed by atoms with Gasteiger partial charge in [-0.1, -0.05) is 19.0 Å². The monoisotopic (exact) mass is 583 g/mol. The van der Waals surface area contributed by atoms with Crippen molar-refractivity contribution >= 4 is 17.5 Å². The molecule has 41 heavy (non-hydrogen) atoms. The largest absolute Gasteiger partial charge is 0.393 e. The summed E-state index contributed by atoms with van der Waals surface area (Å²) in [7, 11) is 0. The zero-order valence-corrected chi connectivity index (χ0v) is 22.4. The van der Waals surface area contributed by atoms with Crippen molar-refractivity contribution < 1.29 is 36.2 Å². The van der Waals surface area contributed by atoms with Crippen LogP contribution >= 0.6 is 0 Å². The fourth-order valence-corrected chi connectivity index (χ4v) is 5.65. The van der Waals surface area contributed by atoms with Gasteiger partial charge in [0.2, 0.25) is 11.8 Å². The average molecular weight is 584 g/mol. The van der Waals surface area contributed by atoms with Crippen LogP contribution in [0.15, 0.2) is 23.0 Å². The quantitative estimate of drug-likeness (QED) is 0.395. The Morgan fingerprint density at radius 3 is 2.76 bits per heavy atom. The van der Waals surface area contributed by atoms with Crippen molar-refractivity contribution in [3.63, 3.8) is 0 Å². The van der Waals surface area contributed by atoms with Gasteiger partial charge in [-0.05, 0) is 42.5 Å². The number of alkyl halides is 5. The molecule has 0 aromatic carbocycles. The van der Waals surface area contributed by atoms with E-state index in [4.69, 9.17) is 4.63 Å². The third-order valence-electron chi connectivity index (χ3n) is 7.81. The number of amides is 2. The van der Waals surface area contributed by atoms with Crippen LogP contribution in [0.1, 0.15) is 85.5 Å². The molecule has 2 aliphatic rings. The predicted molar refractivity (Wildman–Crippen MR) is 133 cm³/mol. The van der Waals surface area contributed by atoms with E-state index < -0.39 is 60.7 Å². The molecule has 1 unspecified atom stereocenters. The van der Waals surface area contributed by atoms with Gasteiger partial charge in [-0.3, -0.25) is 9.59 Å². The van der Waals surface area contributed by atoms with Gasteiger partial charge in [-0.15, -0.1) is 0 Å². The second-order valence-corrected chi connectivity index (χ2v) is 11.2. The van der Waals surface area contributed by atoms with Gasteiger partial charge >= 0.3 is 6.18 Å². The maximum absolute atomic E-state index is 14.4. The third kappa shape index (κ3) is 6.32. The highest BCUT2D eigenvalue weighted by molar-refractivity contribution is 5.93. The maximum atomic E-state index is 14.4. The van der Waals surface area contributed by atoms with Crippen molar-refractivity contribution in [2.24, 2.45) is 17.8 Å². The van der Waals surface area contributed by atoms with Crippen molar-refractivity contribution in [3.8, 4) is 0 Å². The van der Waals surface area contributed by atoms with E-state index in [0.717, 1.165) is 0 Å². The first-order valence-electron chi connectivity index (χ1n) is 13.5. The zero-order valence-electron chi connectivity index (χ0n) is 22.4. The molecule has 3 aromatic rings. The van der Waals surface area contributed by atoms with Crippen LogP contribution in [0.4, 0.5) is 22.0 Å². The number of nitrogens with zero attached hydrogens (tertiary/aromatic N) is 5. The van der Waals surface area contributed by atoms with Gasteiger partial charge in [0.25, 0.3) is 5.91 Å². The first kappa shape index (κ1) is 28.9. The Balaban J connectivity index is 1.41. The molecule has 15 heteroatoms. The molecule has 1 saturated carbocycles. The third-order valence-corrected chi connectivity index (χ3v) is 7.81. The first-order valence-corrected chi connectivity index (χ1v) is 13.5. The van der Waals surface area contributed by atoms with E-state index in [-0.39, 0.29) is 37.3 Å². The zero-order chi connectivity index (χ0) is 29.5. The lowest BCUT2D eigenvalue weighted by Crippen LogP contribution is -2.47. The highest BCUT2D eigenvalue weighted by atomic mass is 19.4. The minimum Gasteiger partial charge on any atom is -0.355 e. The number of nitrogens with one attached hydrogen (secondary N) is 2. The average Bonchev–Trinajstić information content (AvgIpc) is 3.54. The lowest BCUT2D eigenvalue weighted by atomic mass is 9.80. The summed E-state index contributed by atoms with van der Waals surface area (Å²) in [4.78, 5) is 30.0. The Kier molecular flexibility index (Phi) is 7.72. The van der Waals surface area contributed by atoms with Gasteiger partial charge in [0.1, 0.15) is 5.69 Å². The summed E-state index contributed by atoms with van der Waals surface area (Å²) in [6.07, 6.45) is -3.28. The molecule has 0 spiro atoms. The van der Waals surface area contributed by atoms with Gasteiger partial charge in [0.15, 0.2) is 11.3 Å². The van der Waals surface area contributed by atoms with Crippen LogP contribution in [-0.2, 0) is 11.2 Å². The Morgan fingerprint density at radius 2 is 2.05 bits per heavy atom. The molecule has 0 bridgehead atoms. The van der Waals surface area contributed by atoms with Gasteiger partial charge < -0.3 is 10.6 Å². The van der Waals surface area contributed by atoms with Crippen LogP contribution in [0.5, 0.6) is 0 Å². The number of aromatic nitrogens is 5. The SMILES string of the molecule is CC(C)c1nonc1C(=O)N[C@H](c1cn2nc(CC3C[C@@H](C(F)(F)F)CNC3=O)ccc2n1)[C@H]1CCCC(F)(F)C1. The molecule has 1 saturated heterocycles. The van der Waals surface area contributed by atoms with Crippen LogP contribution in [-0.4, -0.2) is 55.4 Å². The normalized spacial score (nSPS) is 23.9. The first-order chi connectivity index (χ1) is 19.3. The minimum absolute atomic E-state index is 0.0198. The molecule has 2 fully saturated rings. The van der Waals surface area contributed by atoms with Gasteiger partial charge in [0, 0.05) is 37.6 Å². The van der Waals surface area contributed by atoms with Gasteiger partial charge in [0.05, 0.1) is 29.5 Å². The van der Waals surface area contributed by atoms with Crippen LogP contribution in [0.2, 0.25) is 0 Å². The summed E-state index contributed by atoms with van der Waals surface area (Å²) < 4.78 is 74.7. The van der Waals surface area contributed by atoms with Gasteiger partial charge in [-0.2, -0.15) is 18.3 Å². The standard InChI is InChI=1S/C26H30F5N7O3/c1-13(2)20-22(37-41-36-20)24(40)34-21(14-4-3-7-25(27,28)10-14)18-12-38-19(33-18)6-5-17(35-38)9-15-8-16(26(29,30)31)11-32-23(15)39/h5-6,12-16,21H,3-4,7-11H2,1-2H3,(H,32,39)(H,34,40)/t14-,15?,16+,21-/m0/s1. The molecule has 5 rings (SSSR count).